The third kappa shape index (κ3) is 3.77. The number of nitrogens with one attached hydrogen (secondary N) is 1. The fourth-order valence-corrected chi connectivity index (χ4v) is 2.38. The summed E-state index contributed by atoms with van der Waals surface area (Å²) in [6, 6.07) is 14.3. The Bertz CT molecular complexity index is 1070. The largest absolute Gasteiger partial charge is 0.497 e. The van der Waals surface area contributed by atoms with Gasteiger partial charge in [-0.25, -0.2) is 4.79 Å². The molecule has 1 heterocycles. The lowest BCUT2D eigenvalue weighted by Gasteiger charge is -2.07. The van der Waals surface area contributed by atoms with E-state index in [-0.39, 0.29) is 22.5 Å². The Hall–Kier alpha value is -4.12. The van der Waals surface area contributed by atoms with Crippen LogP contribution < -0.4 is 10.1 Å². The summed E-state index contributed by atoms with van der Waals surface area (Å²) in [6.07, 6.45) is 0. The van der Waals surface area contributed by atoms with E-state index in [9.17, 15) is 14.7 Å². The van der Waals surface area contributed by atoms with Crippen molar-refractivity contribution in [3.63, 3.8) is 0 Å². The first-order valence-corrected chi connectivity index (χ1v) is 7.71. The molecule has 0 fully saturated rings. The van der Waals surface area contributed by atoms with Gasteiger partial charge in [0, 0.05) is 11.6 Å². The molecule has 27 heavy (non-hydrogen) atoms. The molecule has 3 aromatic rings. The number of carbonyl (C=O) groups is 2. The smallest absolute Gasteiger partial charge is 0.337 e. The molecule has 0 saturated carbocycles. The van der Waals surface area contributed by atoms with Crippen LogP contribution in [0.4, 0.5) is 5.69 Å². The Morgan fingerprint density at radius 1 is 1.22 bits per heavy atom. The van der Waals surface area contributed by atoms with Crippen molar-refractivity contribution in [1.82, 2.24) is 5.16 Å². The number of hydrogen-bond donors (Lipinski definition) is 2. The van der Waals surface area contributed by atoms with Crippen molar-refractivity contribution in [2.45, 2.75) is 0 Å². The Balaban J connectivity index is 1.85. The molecule has 0 radical (unpaired) electrons. The number of methoxy groups -OCH3 is 1. The minimum absolute atomic E-state index is 0.0199. The van der Waals surface area contributed by atoms with Crippen molar-refractivity contribution in [2.24, 2.45) is 0 Å². The molecular formula is C19H13N3O5. The van der Waals surface area contributed by atoms with Crippen molar-refractivity contribution in [2.75, 3.05) is 12.4 Å². The maximum absolute atomic E-state index is 12.4. The first-order valence-electron chi connectivity index (χ1n) is 7.71. The van der Waals surface area contributed by atoms with Crippen molar-refractivity contribution in [3.8, 4) is 23.1 Å². The zero-order valence-electron chi connectivity index (χ0n) is 14.1. The van der Waals surface area contributed by atoms with E-state index < -0.39 is 11.9 Å². The molecular weight excluding hydrogens is 350 g/mol. The molecule has 1 amide bonds. The summed E-state index contributed by atoms with van der Waals surface area (Å²) in [5, 5.41) is 24.3. The van der Waals surface area contributed by atoms with Gasteiger partial charge in [0.15, 0.2) is 11.5 Å². The number of hydrogen-bond acceptors (Lipinski definition) is 6. The van der Waals surface area contributed by atoms with Gasteiger partial charge in [0.2, 0.25) is 0 Å². The SMILES string of the molecule is COc1cccc(-c2cc(C(=O)Nc3ccc(C#N)cc3C(=O)O)no2)c1. The van der Waals surface area contributed by atoms with E-state index in [4.69, 9.17) is 14.5 Å². The average molecular weight is 363 g/mol. The molecule has 2 aromatic carbocycles. The number of anilines is 1. The number of nitriles is 1. The number of carbonyl (C=O) groups excluding carboxylic acids is 1. The topological polar surface area (TPSA) is 125 Å². The van der Waals surface area contributed by atoms with Crippen molar-refractivity contribution in [1.29, 1.82) is 5.26 Å². The predicted octanol–water partition coefficient (Wildman–Crippen LogP) is 3.17. The van der Waals surface area contributed by atoms with Gasteiger partial charge in [-0.1, -0.05) is 17.3 Å². The summed E-state index contributed by atoms with van der Waals surface area (Å²) < 4.78 is 10.3. The van der Waals surface area contributed by atoms with Gasteiger partial charge in [-0.3, -0.25) is 4.79 Å². The minimum atomic E-state index is -1.26. The van der Waals surface area contributed by atoms with Gasteiger partial charge in [-0.05, 0) is 30.3 Å². The molecule has 1 aromatic heterocycles. The summed E-state index contributed by atoms with van der Waals surface area (Å²) in [5.74, 6) is -0.921. The van der Waals surface area contributed by atoms with Crippen molar-refractivity contribution in [3.05, 3.63) is 65.4 Å². The molecule has 0 atom stereocenters. The third-order valence-corrected chi connectivity index (χ3v) is 3.72. The monoisotopic (exact) mass is 363 g/mol. The van der Waals surface area contributed by atoms with Gasteiger partial charge in [0.1, 0.15) is 5.75 Å². The molecule has 134 valence electrons. The molecule has 0 saturated heterocycles. The van der Waals surface area contributed by atoms with E-state index in [0.717, 1.165) is 0 Å². The van der Waals surface area contributed by atoms with Crippen LogP contribution in [0.1, 0.15) is 26.4 Å². The number of rotatable bonds is 5. The van der Waals surface area contributed by atoms with Crippen molar-refractivity contribution < 1.29 is 24.0 Å². The predicted molar refractivity (Wildman–Crippen MR) is 94.6 cm³/mol. The van der Waals surface area contributed by atoms with Crippen LogP contribution in [-0.4, -0.2) is 29.2 Å². The second kappa shape index (κ2) is 7.41. The highest BCUT2D eigenvalue weighted by molar-refractivity contribution is 6.07. The van der Waals surface area contributed by atoms with Crippen LogP contribution >= 0.6 is 0 Å². The molecule has 0 unspecified atom stereocenters. The second-order valence-electron chi connectivity index (χ2n) is 5.44. The Morgan fingerprint density at radius 2 is 2.04 bits per heavy atom. The lowest BCUT2D eigenvalue weighted by molar-refractivity contribution is 0.0698. The van der Waals surface area contributed by atoms with Crippen LogP contribution in [-0.2, 0) is 0 Å². The van der Waals surface area contributed by atoms with Gasteiger partial charge in [-0.15, -0.1) is 0 Å². The first kappa shape index (κ1) is 17.7. The molecule has 0 spiro atoms. The fraction of sp³-hybridized carbons (Fsp3) is 0.0526. The molecule has 8 heteroatoms. The zero-order valence-corrected chi connectivity index (χ0v) is 14.1. The summed E-state index contributed by atoms with van der Waals surface area (Å²) >= 11 is 0. The van der Waals surface area contributed by atoms with E-state index in [1.165, 1.54) is 31.4 Å². The number of carboxylic acid groups (broad SMARTS) is 1. The van der Waals surface area contributed by atoms with Crippen LogP contribution in [0.25, 0.3) is 11.3 Å². The van der Waals surface area contributed by atoms with Crippen LogP contribution in [0.3, 0.4) is 0 Å². The van der Waals surface area contributed by atoms with Gasteiger partial charge in [0.05, 0.1) is 30.0 Å². The van der Waals surface area contributed by atoms with Gasteiger partial charge in [0.25, 0.3) is 5.91 Å². The highest BCUT2D eigenvalue weighted by atomic mass is 16.5. The number of ether oxygens (including phenoxy) is 1. The van der Waals surface area contributed by atoms with Crippen molar-refractivity contribution >= 4 is 17.6 Å². The van der Waals surface area contributed by atoms with E-state index in [0.29, 0.717) is 17.1 Å². The van der Waals surface area contributed by atoms with Crippen LogP contribution in [0.15, 0.2) is 53.1 Å². The molecule has 0 bridgehead atoms. The number of benzene rings is 2. The average Bonchev–Trinajstić information content (AvgIpc) is 3.18. The quantitative estimate of drug-likeness (QED) is 0.713. The summed E-state index contributed by atoms with van der Waals surface area (Å²) in [6.45, 7) is 0. The highest BCUT2D eigenvalue weighted by Gasteiger charge is 2.18. The third-order valence-electron chi connectivity index (χ3n) is 3.72. The lowest BCUT2D eigenvalue weighted by Crippen LogP contribution is -2.15. The first-order chi connectivity index (χ1) is 13.0. The molecule has 0 aliphatic rings. The van der Waals surface area contributed by atoms with E-state index in [1.807, 2.05) is 6.07 Å². The Kier molecular flexibility index (Phi) is 4.86. The van der Waals surface area contributed by atoms with Crippen LogP contribution in [0.2, 0.25) is 0 Å². The second-order valence-corrected chi connectivity index (χ2v) is 5.44. The maximum atomic E-state index is 12.4. The standard InChI is InChI=1S/C19H13N3O5/c1-26-13-4-2-3-12(8-13)17-9-16(22-27-17)18(23)21-15-6-5-11(10-20)7-14(15)19(24)25/h2-9H,1H3,(H,21,23)(H,24,25). The molecule has 3 rings (SSSR count). The number of nitrogens with zero attached hydrogens (tertiary/aromatic N) is 2. The maximum Gasteiger partial charge on any atom is 0.337 e. The number of aromatic nitrogens is 1. The summed E-state index contributed by atoms with van der Waals surface area (Å²) in [4.78, 5) is 23.7. The van der Waals surface area contributed by atoms with Gasteiger partial charge < -0.3 is 19.7 Å². The van der Waals surface area contributed by atoms with Crippen LogP contribution in [0.5, 0.6) is 5.75 Å². The highest BCUT2D eigenvalue weighted by Crippen LogP contribution is 2.25. The molecule has 0 aliphatic carbocycles. The summed E-state index contributed by atoms with van der Waals surface area (Å²) in [7, 11) is 1.54. The lowest BCUT2D eigenvalue weighted by atomic mass is 10.1. The van der Waals surface area contributed by atoms with E-state index in [2.05, 4.69) is 10.5 Å². The number of carboxylic acids is 1. The van der Waals surface area contributed by atoms with E-state index >= 15 is 0 Å². The zero-order chi connectivity index (χ0) is 19.4. The minimum Gasteiger partial charge on any atom is -0.497 e. The molecule has 8 nitrogen and oxygen atoms in total. The number of aromatic carboxylic acids is 1. The van der Waals surface area contributed by atoms with Crippen LogP contribution in [0, 0.1) is 11.3 Å². The molecule has 0 aliphatic heterocycles. The van der Waals surface area contributed by atoms with Gasteiger partial charge >= 0.3 is 5.97 Å². The molecule has 2 N–H and O–H groups in total. The van der Waals surface area contributed by atoms with E-state index in [1.54, 1.807) is 24.3 Å². The Labute approximate surface area is 153 Å². The fourth-order valence-electron chi connectivity index (χ4n) is 2.38. The Morgan fingerprint density at radius 3 is 2.74 bits per heavy atom. The normalized spacial score (nSPS) is 10.1. The number of amides is 1. The summed E-state index contributed by atoms with van der Waals surface area (Å²) in [5.41, 5.74) is 0.683. The van der Waals surface area contributed by atoms with Gasteiger partial charge in [-0.2, -0.15) is 5.26 Å².